The van der Waals surface area contributed by atoms with Crippen LogP contribution in [0.4, 0.5) is 5.88 Å². The zero-order valence-electron chi connectivity index (χ0n) is 29.5. The van der Waals surface area contributed by atoms with Crippen molar-refractivity contribution >= 4 is 83.0 Å². The number of rotatable bonds is 8. The number of nitrogens with zero attached hydrogens (tertiary/aromatic N) is 1. The minimum absolute atomic E-state index is 0.0156. The molecule has 0 saturated heterocycles. The zero-order chi connectivity index (χ0) is 37.1. The third kappa shape index (κ3) is 4.87. The lowest BCUT2D eigenvalue weighted by Crippen LogP contribution is -2.27. The van der Waals surface area contributed by atoms with Crippen molar-refractivity contribution in [1.29, 1.82) is 0 Å². The summed E-state index contributed by atoms with van der Waals surface area (Å²) in [7, 11) is 0.151. The van der Waals surface area contributed by atoms with Gasteiger partial charge in [-0.25, -0.2) is 0 Å². The van der Waals surface area contributed by atoms with E-state index in [1.54, 1.807) is 24.3 Å². The van der Waals surface area contributed by atoms with Crippen LogP contribution in [0.3, 0.4) is 0 Å². The van der Waals surface area contributed by atoms with Crippen LogP contribution in [0.5, 0.6) is 17.2 Å². The predicted molar refractivity (Wildman–Crippen MR) is 217 cm³/mol. The summed E-state index contributed by atoms with van der Waals surface area (Å²) in [6, 6.07) is 44.5. The van der Waals surface area contributed by atoms with Crippen molar-refractivity contribution in [1.82, 2.24) is 0 Å². The summed E-state index contributed by atoms with van der Waals surface area (Å²) in [5.41, 5.74) is 2.15. The third-order valence-electron chi connectivity index (χ3n) is 10.3. The van der Waals surface area contributed by atoms with E-state index in [9.17, 15) is 10.1 Å². The van der Waals surface area contributed by atoms with Crippen LogP contribution in [0.2, 0.25) is 0 Å². The van der Waals surface area contributed by atoms with Gasteiger partial charge >= 0.3 is 5.88 Å². The molecule has 9 aromatic rings. The highest BCUT2D eigenvalue weighted by Crippen LogP contribution is 2.54. The smallest absolute Gasteiger partial charge is 0.445 e. The fourth-order valence-electron chi connectivity index (χ4n) is 7.96. The summed E-state index contributed by atoms with van der Waals surface area (Å²) in [4.78, 5) is 12.8. The molecule has 8 aromatic carbocycles. The van der Waals surface area contributed by atoms with Crippen molar-refractivity contribution in [3.8, 4) is 28.4 Å². The number of furan rings is 1. The van der Waals surface area contributed by atoms with Gasteiger partial charge in [0.05, 0.1) is 21.3 Å². The molecular formula is C45H32NO7P. The molecule has 54 heavy (non-hydrogen) atoms. The average molecular weight is 730 g/mol. The zero-order valence-corrected chi connectivity index (χ0v) is 30.4. The second-order valence-corrected chi connectivity index (χ2v) is 15.7. The van der Waals surface area contributed by atoms with Gasteiger partial charge in [0.2, 0.25) is 5.75 Å². The van der Waals surface area contributed by atoms with Gasteiger partial charge in [-0.2, -0.15) is 0 Å². The SMILES string of the molecule is COc1cc([P@@](=O)(c2cccc3ccccc23)c2c([N+](=O)[O-])oc3ccc4c(-c5ccccc5)cc5ccc6ccccc6c5c4c23)cc(OC)c1OC. The van der Waals surface area contributed by atoms with Crippen molar-refractivity contribution in [3.63, 3.8) is 0 Å². The van der Waals surface area contributed by atoms with E-state index in [0.29, 0.717) is 27.2 Å². The van der Waals surface area contributed by atoms with E-state index in [0.717, 1.165) is 43.4 Å². The highest BCUT2D eigenvalue weighted by Gasteiger charge is 2.44. The van der Waals surface area contributed by atoms with Crippen LogP contribution >= 0.6 is 7.14 Å². The van der Waals surface area contributed by atoms with E-state index >= 15 is 4.57 Å². The minimum atomic E-state index is -4.30. The van der Waals surface area contributed by atoms with E-state index in [4.69, 9.17) is 18.6 Å². The highest BCUT2D eigenvalue weighted by atomic mass is 31.2. The lowest BCUT2D eigenvalue weighted by atomic mass is 9.89. The highest BCUT2D eigenvalue weighted by molar-refractivity contribution is 7.86. The van der Waals surface area contributed by atoms with Crippen LogP contribution in [-0.2, 0) is 4.57 Å². The molecule has 0 aliphatic rings. The van der Waals surface area contributed by atoms with Gasteiger partial charge in [0.15, 0.2) is 18.6 Å². The number of nitro groups is 1. The van der Waals surface area contributed by atoms with Crippen LogP contribution < -0.4 is 30.1 Å². The first-order chi connectivity index (χ1) is 26.4. The molecule has 0 fully saturated rings. The summed E-state index contributed by atoms with van der Waals surface area (Å²) in [6.45, 7) is 0. The maximum atomic E-state index is 17.1. The first-order valence-corrected chi connectivity index (χ1v) is 19.0. The summed E-state index contributed by atoms with van der Waals surface area (Å²) < 4.78 is 40.5. The first kappa shape index (κ1) is 33.2. The fraction of sp³-hybridized carbons (Fsp3) is 0.0667. The van der Waals surface area contributed by atoms with Crippen molar-refractivity contribution in [2.75, 3.05) is 21.3 Å². The van der Waals surface area contributed by atoms with E-state index in [2.05, 4.69) is 24.3 Å². The van der Waals surface area contributed by atoms with Crippen molar-refractivity contribution in [2.45, 2.75) is 0 Å². The molecule has 8 nitrogen and oxygen atoms in total. The first-order valence-electron chi connectivity index (χ1n) is 17.3. The van der Waals surface area contributed by atoms with Crippen molar-refractivity contribution < 1.29 is 28.1 Å². The summed E-state index contributed by atoms with van der Waals surface area (Å²) in [5.74, 6) is 0.224. The van der Waals surface area contributed by atoms with Crippen molar-refractivity contribution in [3.05, 3.63) is 150 Å². The lowest BCUT2D eigenvalue weighted by Gasteiger charge is -2.23. The van der Waals surface area contributed by atoms with E-state index in [-0.39, 0.29) is 27.7 Å². The molecule has 1 atom stereocenters. The molecular weight excluding hydrogens is 697 g/mol. The van der Waals surface area contributed by atoms with Crippen LogP contribution in [0.1, 0.15) is 0 Å². The number of methoxy groups -OCH3 is 3. The molecule has 264 valence electrons. The fourth-order valence-corrected chi connectivity index (χ4v) is 11.1. The normalized spacial score (nSPS) is 12.7. The van der Waals surface area contributed by atoms with E-state index in [1.807, 2.05) is 91.0 Å². The maximum absolute atomic E-state index is 17.1. The Morgan fingerprint density at radius 2 is 1.22 bits per heavy atom. The Morgan fingerprint density at radius 1 is 0.593 bits per heavy atom. The number of ether oxygens (including phenoxy) is 3. The molecule has 0 amide bonds. The lowest BCUT2D eigenvalue weighted by molar-refractivity contribution is -0.400. The van der Waals surface area contributed by atoms with Crippen LogP contribution in [0.25, 0.3) is 65.2 Å². The van der Waals surface area contributed by atoms with E-state index < -0.39 is 17.9 Å². The van der Waals surface area contributed by atoms with Crippen LogP contribution in [0.15, 0.2) is 144 Å². The Bertz CT molecular complexity index is 3000. The Balaban J connectivity index is 1.57. The maximum Gasteiger partial charge on any atom is 0.445 e. The van der Waals surface area contributed by atoms with Gasteiger partial charge < -0.3 is 23.2 Å². The standard InChI is InChI=1S/C45H32NO7P/c1-50-37-25-31(26-38(51-2)43(37)52-3)54(49,39-19-11-16-27-14-7-9-17-32(27)39)44-42-36(53-45(44)46(47)48)23-22-34-35(28-12-5-4-6-13-28)24-30-21-20-29-15-8-10-18-33(29)40(30)41(34)42/h4-26H,1-3H3/t54-/m1/s1. The molecule has 9 rings (SSSR count). The molecule has 1 heterocycles. The molecule has 0 aliphatic carbocycles. The van der Waals surface area contributed by atoms with Gasteiger partial charge in [0.25, 0.3) is 0 Å². The molecule has 0 saturated carbocycles. The number of benzene rings is 8. The Kier molecular flexibility index (Phi) is 7.87. The third-order valence-corrected chi connectivity index (χ3v) is 13.4. The predicted octanol–water partition coefficient (Wildman–Crippen LogP) is 10.3. The van der Waals surface area contributed by atoms with Gasteiger partial charge in [0.1, 0.15) is 15.8 Å². The minimum Gasteiger partial charge on any atom is -0.493 e. The quantitative estimate of drug-likeness (QED) is 0.0664. The largest absolute Gasteiger partial charge is 0.493 e. The molecule has 1 aromatic heterocycles. The second kappa shape index (κ2) is 12.8. The Labute approximate surface area is 309 Å². The summed E-state index contributed by atoms with van der Waals surface area (Å²) >= 11 is 0. The summed E-state index contributed by atoms with van der Waals surface area (Å²) in [5, 5.41) is 21.2. The van der Waals surface area contributed by atoms with Crippen LogP contribution in [0, 0.1) is 10.1 Å². The molecule has 0 aliphatic heterocycles. The van der Waals surface area contributed by atoms with Crippen molar-refractivity contribution in [2.24, 2.45) is 0 Å². The molecule has 0 unspecified atom stereocenters. The molecule has 0 radical (unpaired) electrons. The summed E-state index contributed by atoms with van der Waals surface area (Å²) in [6.07, 6.45) is 0. The second-order valence-electron chi connectivity index (χ2n) is 13.0. The monoisotopic (exact) mass is 729 g/mol. The number of hydrogen-bond donors (Lipinski definition) is 0. The van der Waals surface area contributed by atoms with Gasteiger partial charge in [0, 0.05) is 21.4 Å². The number of fused-ring (bicyclic) bond motifs is 8. The molecule has 0 N–H and O–H groups in total. The van der Waals surface area contributed by atoms with Crippen LogP contribution in [-0.4, -0.2) is 26.3 Å². The Hall–Kier alpha value is -6.63. The molecule has 0 bridgehead atoms. The molecule has 9 heteroatoms. The van der Waals surface area contributed by atoms with E-state index in [1.165, 1.54) is 21.3 Å². The van der Waals surface area contributed by atoms with Gasteiger partial charge in [-0.1, -0.05) is 109 Å². The Morgan fingerprint density at radius 3 is 1.91 bits per heavy atom. The topological polar surface area (TPSA) is 101 Å². The van der Waals surface area contributed by atoms with Gasteiger partial charge in [-0.05, 0) is 79.2 Å². The number of hydrogen-bond acceptors (Lipinski definition) is 7. The van der Waals surface area contributed by atoms with Gasteiger partial charge in [-0.3, -0.25) is 10.1 Å². The average Bonchev–Trinajstić information content (AvgIpc) is 3.63. The van der Waals surface area contributed by atoms with Gasteiger partial charge in [-0.15, -0.1) is 0 Å². The molecule has 0 spiro atoms.